The maximum atomic E-state index is 13.2. The van der Waals surface area contributed by atoms with Crippen molar-refractivity contribution in [2.45, 2.75) is 25.2 Å². The number of ether oxygens (including phenoxy) is 1. The quantitative estimate of drug-likeness (QED) is 0.474. The number of tetrazole rings is 1. The molecule has 2 N–H and O–H groups in total. The first-order valence-electron chi connectivity index (χ1n) is 10.5. The summed E-state index contributed by atoms with van der Waals surface area (Å²) >= 11 is 0. The van der Waals surface area contributed by atoms with Crippen LogP contribution in [0, 0.1) is 6.92 Å². The summed E-state index contributed by atoms with van der Waals surface area (Å²) in [6.07, 6.45) is 1.70. The molecular formula is C25H23N5O2. The summed E-state index contributed by atoms with van der Waals surface area (Å²) in [6.45, 7) is 2.05. The van der Waals surface area contributed by atoms with Crippen molar-refractivity contribution in [2.24, 2.45) is 0 Å². The maximum absolute atomic E-state index is 13.2. The van der Waals surface area contributed by atoms with E-state index in [0.29, 0.717) is 11.5 Å². The van der Waals surface area contributed by atoms with Crippen LogP contribution < -0.4 is 10.1 Å². The molecule has 3 aromatic carbocycles. The number of carbonyl (C=O) groups excluding carboxylic acids is 1. The van der Waals surface area contributed by atoms with Crippen LogP contribution in [0.15, 0.2) is 66.7 Å². The lowest BCUT2D eigenvalue weighted by Crippen LogP contribution is -2.27. The maximum Gasteiger partial charge on any atom is 0.235 e. The number of H-pyrrole nitrogens is 1. The monoisotopic (exact) mass is 425 g/mol. The third kappa shape index (κ3) is 3.62. The number of aromatic amines is 1. The first kappa shape index (κ1) is 19.9. The van der Waals surface area contributed by atoms with Gasteiger partial charge in [-0.25, -0.2) is 0 Å². The first-order valence-corrected chi connectivity index (χ1v) is 10.5. The van der Waals surface area contributed by atoms with Gasteiger partial charge in [-0.1, -0.05) is 48.0 Å². The molecule has 4 aromatic rings. The number of hydrogen-bond acceptors (Lipinski definition) is 5. The number of anilines is 1. The van der Waals surface area contributed by atoms with Crippen LogP contribution in [-0.4, -0.2) is 33.6 Å². The number of rotatable bonds is 6. The summed E-state index contributed by atoms with van der Waals surface area (Å²) < 4.78 is 5.26. The Hall–Kier alpha value is -4.00. The highest BCUT2D eigenvalue weighted by atomic mass is 16.5. The summed E-state index contributed by atoms with van der Waals surface area (Å²) in [5, 5.41) is 17.6. The third-order valence-corrected chi connectivity index (χ3v) is 6.05. The van der Waals surface area contributed by atoms with Crippen molar-refractivity contribution < 1.29 is 9.53 Å². The molecule has 7 nitrogen and oxygen atoms in total. The van der Waals surface area contributed by atoms with Gasteiger partial charge in [0, 0.05) is 11.3 Å². The van der Waals surface area contributed by atoms with E-state index in [9.17, 15) is 4.79 Å². The van der Waals surface area contributed by atoms with Crippen LogP contribution in [0.4, 0.5) is 5.69 Å². The van der Waals surface area contributed by atoms with Crippen molar-refractivity contribution in [3.8, 4) is 28.3 Å². The normalized spacial score (nSPS) is 14.1. The lowest BCUT2D eigenvalue weighted by molar-refractivity contribution is -0.118. The molecule has 0 aliphatic heterocycles. The Morgan fingerprint density at radius 3 is 2.38 bits per heavy atom. The highest BCUT2D eigenvalue weighted by molar-refractivity contribution is 6.02. The van der Waals surface area contributed by atoms with E-state index < -0.39 is 5.41 Å². The van der Waals surface area contributed by atoms with Crippen LogP contribution >= 0.6 is 0 Å². The van der Waals surface area contributed by atoms with E-state index in [0.717, 1.165) is 40.8 Å². The molecule has 1 aliphatic rings. The summed E-state index contributed by atoms with van der Waals surface area (Å²) in [7, 11) is 1.64. The minimum atomic E-state index is -0.450. The number of methoxy groups -OCH3 is 1. The van der Waals surface area contributed by atoms with Gasteiger partial charge < -0.3 is 10.1 Å². The van der Waals surface area contributed by atoms with Gasteiger partial charge >= 0.3 is 0 Å². The number of aromatic nitrogens is 4. The molecule has 0 saturated heterocycles. The molecule has 1 aliphatic carbocycles. The zero-order chi connectivity index (χ0) is 22.1. The molecule has 0 unspecified atom stereocenters. The van der Waals surface area contributed by atoms with Crippen molar-refractivity contribution in [1.29, 1.82) is 0 Å². The molecule has 160 valence electrons. The molecule has 1 aromatic heterocycles. The second-order valence-electron chi connectivity index (χ2n) is 8.13. The topological polar surface area (TPSA) is 92.8 Å². The molecular weight excluding hydrogens is 402 g/mol. The van der Waals surface area contributed by atoms with Gasteiger partial charge in [0.1, 0.15) is 5.75 Å². The van der Waals surface area contributed by atoms with Crippen LogP contribution in [-0.2, 0) is 10.2 Å². The summed E-state index contributed by atoms with van der Waals surface area (Å²) in [5.41, 5.74) is 5.20. The number of hydrogen-bond donors (Lipinski definition) is 2. The van der Waals surface area contributed by atoms with E-state index in [1.165, 1.54) is 5.56 Å². The molecule has 5 rings (SSSR count). The fourth-order valence-corrected chi connectivity index (χ4v) is 4.00. The molecule has 0 atom stereocenters. The smallest absolute Gasteiger partial charge is 0.235 e. The average molecular weight is 425 g/mol. The number of benzene rings is 3. The van der Waals surface area contributed by atoms with E-state index >= 15 is 0 Å². The van der Waals surface area contributed by atoms with Crippen LogP contribution in [0.2, 0.25) is 0 Å². The highest BCUT2D eigenvalue weighted by Gasteiger charge is 2.51. The second kappa shape index (κ2) is 7.92. The van der Waals surface area contributed by atoms with E-state index in [1.807, 2.05) is 49.4 Å². The Morgan fingerprint density at radius 2 is 1.75 bits per heavy atom. The fraction of sp³-hybridized carbons (Fsp3) is 0.200. The van der Waals surface area contributed by atoms with Crippen LogP contribution in [0.5, 0.6) is 5.75 Å². The lowest BCUT2D eigenvalue weighted by atomic mass is 9.93. The third-order valence-electron chi connectivity index (χ3n) is 6.05. The van der Waals surface area contributed by atoms with Crippen LogP contribution in [0.1, 0.15) is 24.0 Å². The average Bonchev–Trinajstić information content (AvgIpc) is 3.46. The molecule has 1 amide bonds. The zero-order valence-corrected chi connectivity index (χ0v) is 17.9. The van der Waals surface area contributed by atoms with Gasteiger partial charge in [-0.3, -0.25) is 4.79 Å². The summed E-state index contributed by atoms with van der Waals surface area (Å²) in [4.78, 5) is 13.2. The van der Waals surface area contributed by atoms with Gasteiger partial charge in [0.2, 0.25) is 11.7 Å². The summed E-state index contributed by atoms with van der Waals surface area (Å²) in [6, 6.07) is 21.8. The molecule has 0 spiro atoms. The van der Waals surface area contributed by atoms with Crippen molar-refractivity contribution in [3.05, 3.63) is 77.9 Å². The van der Waals surface area contributed by atoms with E-state index in [2.05, 4.69) is 50.2 Å². The van der Waals surface area contributed by atoms with Gasteiger partial charge in [0.25, 0.3) is 0 Å². The minimum Gasteiger partial charge on any atom is -0.497 e. The lowest BCUT2D eigenvalue weighted by Gasteiger charge is -2.17. The molecule has 0 bridgehead atoms. The van der Waals surface area contributed by atoms with Gasteiger partial charge in [-0.05, 0) is 65.9 Å². The number of nitrogens with one attached hydrogen (secondary N) is 2. The predicted octanol–water partition coefficient (Wildman–Crippen LogP) is 4.52. The summed E-state index contributed by atoms with van der Waals surface area (Å²) in [5.74, 6) is 1.26. The Morgan fingerprint density at radius 1 is 1.00 bits per heavy atom. The molecule has 7 heteroatoms. The highest BCUT2D eigenvalue weighted by Crippen LogP contribution is 2.49. The number of amides is 1. The molecule has 1 saturated carbocycles. The standard InChI is InChI=1S/C25H23N5O2/c1-16-3-7-18(8-4-16)25(13-14-25)24(31)26-19-9-12-21(17-5-10-20(32-2)11-6-17)22(15-19)23-27-29-30-28-23/h3-12,15H,13-14H2,1-2H3,(H,26,31)(H,27,28,29,30). The first-order chi connectivity index (χ1) is 15.6. The van der Waals surface area contributed by atoms with E-state index in [4.69, 9.17) is 4.74 Å². The van der Waals surface area contributed by atoms with Crippen LogP contribution in [0.3, 0.4) is 0 Å². The largest absolute Gasteiger partial charge is 0.497 e. The Labute approximate surface area is 185 Å². The predicted molar refractivity (Wildman–Crippen MR) is 122 cm³/mol. The fourth-order valence-electron chi connectivity index (χ4n) is 4.00. The van der Waals surface area contributed by atoms with Crippen LogP contribution in [0.25, 0.3) is 22.5 Å². The van der Waals surface area contributed by atoms with Gasteiger partial charge in [-0.2, -0.15) is 5.21 Å². The number of carbonyl (C=O) groups is 1. The van der Waals surface area contributed by atoms with Crippen molar-refractivity contribution in [2.75, 3.05) is 12.4 Å². The molecule has 1 heterocycles. The molecule has 1 fully saturated rings. The van der Waals surface area contributed by atoms with Gasteiger partial charge in [-0.15, -0.1) is 10.2 Å². The van der Waals surface area contributed by atoms with Crippen molar-refractivity contribution in [1.82, 2.24) is 20.6 Å². The molecule has 32 heavy (non-hydrogen) atoms. The number of aryl methyl sites for hydroxylation is 1. The van der Waals surface area contributed by atoms with E-state index in [-0.39, 0.29) is 5.91 Å². The van der Waals surface area contributed by atoms with Gasteiger partial charge in [0.05, 0.1) is 12.5 Å². The zero-order valence-electron chi connectivity index (χ0n) is 17.9. The van der Waals surface area contributed by atoms with Crippen molar-refractivity contribution >= 4 is 11.6 Å². The van der Waals surface area contributed by atoms with E-state index in [1.54, 1.807) is 7.11 Å². The van der Waals surface area contributed by atoms with Crippen molar-refractivity contribution in [3.63, 3.8) is 0 Å². The SMILES string of the molecule is COc1ccc(-c2ccc(NC(=O)C3(c4ccc(C)cc4)CC3)cc2-c2nn[nH]n2)cc1. The number of nitrogens with zero attached hydrogens (tertiary/aromatic N) is 3. The molecule has 0 radical (unpaired) electrons. The minimum absolute atomic E-state index is 0.0117. The van der Waals surface area contributed by atoms with Gasteiger partial charge in [0.15, 0.2) is 0 Å². The Bertz CT molecular complexity index is 1240. The Balaban J connectivity index is 1.47. The Kier molecular flexibility index (Phi) is 4.93. The second-order valence-corrected chi connectivity index (χ2v) is 8.13.